The molecule has 0 aromatic heterocycles. The molecule has 13 heavy (non-hydrogen) atoms. The van der Waals surface area contributed by atoms with Crippen molar-refractivity contribution in [2.24, 2.45) is 0 Å². The zero-order chi connectivity index (χ0) is 9.68. The third-order valence-electron chi connectivity index (χ3n) is 1.93. The van der Waals surface area contributed by atoms with Crippen molar-refractivity contribution in [2.75, 3.05) is 13.7 Å². The molecule has 0 aliphatic carbocycles. The van der Waals surface area contributed by atoms with E-state index in [1.54, 1.807) is 7.11 Å². The highest BCUT2D eigenvalue weighted by molar-refractivity contribution is 6.31. The number of aliphatic hydroxyl groups is 1. The SMILES string of the molecule is COC(CCO)c1ccccc1Cl. The van der Waals surface area contributed by atoms with Crippen LogP contribution in [0.3, 0.4) is 0 Å². The minimum absolute atomic E-state index is 0.101. The van der Waals surface area contributed by atoms with Crippen molar-refractivity contribution < 1.29 is 9.84 Å². The summed E-state index contributed by atoms with van der Waals surface area (Å²) < 4.78 is 5.21. The minimum atomic E-state index is -0.112. The Kier molecular flexibility index (Phi) is 4.22. The van der Waals surface area contributed by atoms with Crippen LogP contribution in [-0.4, -0.2) is 18.8 Å². The molecule has 1 aromatic rings. The molecule has 1 aromatic carbocycles. The molecule has 1 unspecified atom stereocenters. The Morgan fingerprint density at radius 2 is 2.15 bits per heavy atom. The van der Waals surface area contributed by atoms with Crippen molar-refractivity contribution in [1.82, 2.24) is 0 Å². The molecule has 2 nitrogen and oxygen atoms in total. The number of ether oxygens (including phenoxy) is 1. The predicted molar refractivity (Wildman–Crippen MR) is 52.9 cm³/mol. The molecule has 1 N–H and O–H groups in total. The monoisotopic (exact) mass is 200 g/mol. The van der Waals surface area contributed by atoms with Gasteiger partial charge < -0.3 is 9.84 Å². The molecule has 0 aliphatic rings. The first-order valence-corrected chi connectivity index (χ1v) is 4.55. The van der Waals surface area contributed by atoms with Gasteiger partial charge in [-0.1, -0.05) is 29.8 Å². The van der Waals surface area contributed by atoms with Gasteiger partial charge in [0.15, 0.2) is 0 Å². The Bertz CT molecular complexity index is 263. The smallest absolute Gasteiger partial charge is 0.0857 e. The predicted octanol–water partition coefficient (Wildman–Crippen LogP) is 2.41. The summed E-state index contributed by atoms with van der Waals surface area (Å²) >= 11 is 5.97. The number of hydrogen-bond acceptors (Lipinski definition) is 2. The molecule has 0 saturated carbocycles. The number of rotatable bonds is 4. The van der Waals surface area contributed by atoms with Crippen LogP contribution in [0.25, 0.3) is 0 Å². The van der Waals surface area contributed by atoms with Crippen LogP contribution in [-0.2, 0) is 4.74 Å². The van der Waals surface area contributed by atoms with Gasteiger partial charge in [-0.25, -0.2) is 0 Å². The van der Waals surface area contributed by atoms with Crippen LogP contribution in [0.4, 0.5) is 0 Å². The lowest BCUT2D eigenvalue weighted by Gasteiger charge is -2.15. The van der Waals surface area contributed by atoms with Gasteiger partial charge in [0.25, 0.3) is 0 Å². The molecule has 0 saturated heterocycles. The van der Waals surface area contributed by atoms with Crippen LogP contribution in [0.5, 0.6) is 0 Å². The fourth-order valence-electron chi connectivity index (χ4n) is 1.25. The molecular formula is C10H13ClO2. The quantitative estimate of drug-likeness (QED) is 0.809. The van der Waals surface area contributed by atoms with E-state index >= 15 is 0 Å². The van der Waals surface area contributed by atoms with E-state index in [0.717, 1.165) is 5.56 Å². The summed E-state index contributed by atoms with van der Waals surface area (Å²) in [6.07, 6.45) is 0.457. The molecule has 0 spiro atoms. The van der Waals surface area contributed by atoms with Crippen LogP contribution >= 0.6 is 11.6 Å². The Balaban J connectivity index is 2.84. The largest absolute Gasteiger partial charge is 0.396 e. The highest BCUT2D eigenvalue weighted by atomic mass is 35.5. The minimum Gasteiger partial charge on any atom is -0.396 e. The summed E-state index contributed by atoms with van der Waals surface area (Å²) in [5.41, 5.74) is 0.931. The molecule has 1 rings (SSSR count). The van der Waals surface area contributed by atoms with Crippen molar-refractivity contribution in [3.05, 3.63) is 34.9 Å². The first kappa shape index (κ1) is 10.5. The third-order valence-corrected chi connectivity index (χ3v) is 2.27. The number of aliphatic hydroxyl groups excluding tert-OH is 1. The van der Waals surface area contributed by atoms with E-state index in [-0.39, 0.29) is 12.7 Å². The van der Waals surface area contributed by atoms with Crippen molar-refractivity contribution in [3.63, 3.8) is 0 Å². The van der Waals surface area contributed by atoms with E-state index in [0.29, 0.717) is 11.4 Å². The van der Waals surface area contributed by atoms with Crippen LogP contribution in [0, 0.1) is 0 Å². The molecule has 0 heterocycles. The number of hydrogen-bond donors (Lipinski definition) is 1. The zero-order valence-electron chi connectivity index (χ0n) is 7.53. The highest BCUT2D eigenvalue weighted by Gasteiger charge is 2.12. The van der Waals surface area contributed by atoms with Crippen LogP contribution < -0.4 is 0 Å². The summed E-state index contributed by atoms with van der Waals surface area (Å²) in [5.74, 6) is 0. The van der Waals surface area contributed by atoms with Crippen molar-refractivity contribution in [3.8, 4) is 0 Å². The second-order valence-corrected chi connectivity index (χ2v) is 3.17. The average molecular weight is 201 g/mol. The standard InChI is InChI=1S/C10H13ClO2/c1-13-10(6-7-12)8-4-2-3-5-9(8)11/h2-5,10,12H,6-7H2,1H3. The maximum atomic E-state index is 8.80. The van der Waals surface area contributed by atoms with Gasteiger partial charge in [-0.05, 0) is 11.6 Å². The zero-order valence-corrected chi connectivity index (χ0v) is 8.29. The Labute approximate surface area is 83.1 Å². The van der Waals surface area contributed by atoms with Crippen LogP contribution in [0.1, 0.15) is 18.1 Å². The van der Waals surface area contributed by atoms with E-state index in [1.165, 1.54) is 0 Å². The molecule has 0 fully saturated rings. The first-order valence-electron chi connectivity index (χ1n) is 4.17. The highest BCUT2D eigenvalue weighted by Crippen LogP contribution is 2.26. The summed E-state index contributed by atoms with van der Waals surface area (Å²) in [6.45, 7) is 0.101. The van der Waals surface area contributed by atoms with E-state index in [4.69, 9.17) is 21.4 Å². The Morgan fingerprint density at radius 1 is 1.46 bits per heavy atom. The number of benzene rings is 1. The lowest BCUT2D eigenvalue weighted by Crippen LogP contribution is -2.04. The van der Waals surface area contributed by atoms with Gasteiger partial charge in [-0.2, -0.15) is 0 Å². The van der Waals surface area contributed by atoms with E-state index in [9.17, 15) is 0 Å². The van der Waals surface area contributed by atoms with Crippen LogP contribution in [0.2, 0.25) is 5.02 Å². The van der Waals surface area contributed by atoms with Crippen molar-refractivity contribution in [1.29, 1.82) is 0 Å². The lowest BCUT2D eigenvalue weighted by molar-refractivity contribution is 0.0776. The van der Waals surface area contributed by atoms with Crippen LogP contribution in [0.15, 0.2) is 24.3 Å². The number of methoxy groups -OCH3 is 1. The Hall–Kier alpha value is -0.570. The van der Waals surface area contributed by atoms with E-state index < -0.39 is 0 Å². The van der Waals surface area contributed by atoms with Gasteiger partial charge in [-0.15, -0.1) is 0 Å². The molecule has 0 aliphatic heterocycles. The second kappa shape index (κ2) is 5.22. The van der Waals surface area contributed by atoms with E-state index in [2.05, 4.69) is 0 Å². The van der Waals surface area contributed by atoms with Gasteiger partial charge >= 0.3 is 0 Å². The molecule has 1 atom stereocenters. The fraction of sp³-hybridized carbons (Fsp3) is 0.400. The molecule has 0 radical (unpaired) electrons. The molecule has 0 amide bonds. The maximum Gasteiger partial charge on any atom is 0.0857 e. The number of halogens is 1. The average Bonchev–Trinajstić information content (AvgIpc) is 2.16. The molecular weight excluding hydrogens is 188 g/mol. The topological polar surface area (TPSA) is 29.5 Å². The first-order chi connectivity index (χ1) is 6.29. The maximum absolute atomic E-state index is 8.80. The molecule has 3 heteroatoms. The van der Waals surface area contributed by atoms with Crippen molar-refractivity contribution in [2.45, 2.75) is 12.5 Å². The fourth-order valence-corrected chi connectivity index (χ4v) is 1.51. The van der Waals surface area contributed by atoms with Gasteiger partial charge in [0.2, 0.25) is 0 Å². The van der Waals surface area contributed by atoms with Gasteiger partial charge in [0.05, 0.1) is 6.10 Å². The molecule has 72 valence electrons. The summed E-state index contributed by atoms with van der Waals surface area (Å²) in [6, 6.07) is 7.51. The second-order valence-electron chi connectivity index (χ2n) is 2.76. The van der Waals surface area contributed by atoms with Gasteiger partial charge in [0, 0.05) is 25.2 Å². The third kappa shape index (κ3) is 2.69. The van der Waals surface area contributed by atoms with Crippen molar-refractivity contribution >= 4 is 11.6 Å². The summed E-state index contributed by atoms with van der Waals surface area (Å²) in [4.78, 5) is 0. The summed E-state index contributed by atoms with van der Waals surface area (Å²) in [5, 5.41) is 9.48. The lowest BCUT2D eigenvalue weighted by atomic mass is 10.1. The molecule has 0 bridgehead atoms. The van der Waals surface area contributed by atoms with Gasteiger partial charge in [0.1, 0.15) is 0 Å². The summed E-state index contributed by atoms with van der Waals surface area (Å²) in [7, 11) is 1.61. The van der Waals surface area contributed by atoms with E-state index in [1.807, 2.05) is 24.3 Å². The van der Waals surface area contributed by atoms with Gasteiger partial charge in [-0.3, -0.25) is 0 Å². The normalized spacial score (nSPS) is 12.8. The Morgan fingerprint density at radius 3 is 2.69 bits per heavy atom.